The minimum Gasteiger partial charge on any atom is -0.422 e. The number of nitrogens with zero attached hydrogens (tertiary/aromatic N) is 1. The average Bonchev–Trinajstić information content (AvgIpc) is 2.56. The van der Waals surface area contributed by atoms with Crippen LogP contribution in [0.5, 0.6) is 5.75 Å². The first-order chi connectivity index (χ1) is 11.1. The van der Waals surface area contributed by atoms with Crippen LogP contribution in [-0.2, 0) is 0 Å². The van der Waals surface area contributed by atoms with Crippen LogP contribution in [0.4, 0.5) is 0 Å². The summed E-state index contributed by atoms with van der Waals surface area (Å²) in [6.45, 7) is 3.86. The monoisotopic (exact) mass is 303 g/mol. The molecule has 1 heterocycles. The molecule has 0 fully saturated rings. The van der Waals surface area contributed by atoms with E-state index >= 15 is 0 Å². The SMILES string of the molecule is Cc1ccc(-c2ccccn2)c(OC(=O)c2ccccc2C)c1. The third kappa shape index (κ3) is 3.29. The second-order valence-corrected chi connectivity index (χ2v) is 5.42. The molecule has 0 radical (unpaired) electrons. The highest BCUT2D eigenvalue weighted by Gasteiger charge is 2.15. The maximum Gasteiger partial charge on any atom is 0.343 e. The number of carbonyl (C=O) groups excluding carboxylic acids is 1. The van der Waals surface area contributed by atoms with E-state index in [1.807, 2.05) is 68.4 Å². The molecule has 114 valence electrons. The van der Waals surface area contributed by atoms with Gasteiger partial charge < -0.3 is 4.74 Å². The number of rotatable bonds is 3. The van der Waals surface area contributed by atoms with E-state index in [4.69, 9.17) is 4.74 Å². The number of aryl methyl sites for hydroxylation is 2. The van der Waals surface area contributed by atoms with Crippen molar-refractivity contribution in [1.82, 2.24) is 4.98 Å². The lowest BCUT2D eigenvalue weighted by Crippen LogP contribution is -2.11. The molecule has 2 aromatic carbocycles. The summed E-state index contributed by atoms with van der Waals surface area (Å²) in [4.78, 5) is 16.8. The van der Waals surface area contributed by atoms with Crippen molar-refractivity contribution < 1.29 is 9.53 Å². The number of carbonyl (C=O) groups is 1. The molecule has 0 saturated carbocycles. The van der Waals surface area contributed by atoms with Gasteiger partial charge in [0.1, 0.15) is 5.75 Å². The Hall–Kier alpha value is -2.94. The molecule has 3 nitrogen and oxygen atoms in total. The third-order valence-electron chi connectivity index (χ3n) is 3.65. The van der Waals surface area contributed by atoms with Crippen LogP contribution in [0.3, 0.4) is 0 Å². The van der Waals surface area contributed by atoms with Crippen LogP contribution in [0.2, 0.25) is 0 Å². The van der Waals surface area contributed by atoms with E-state index in [-0.39, 0.29) is 5.97 Å². The zero-order chi connectivity index (χ0) is 16.2. The van der Waals surface area contributed by atoms with Crippen LogP contribution in [0.15, 0.2) is 66.9 Å². The van der Waals surface area contributed by atoms with Crippen LogP contribution in [0.25, 0.3) is 11.3 Å². The summed E-state index contributed by atoms with van der Waals surface area (Å²) in [5, 5.41) is 0. The van der Waals surface area contributed by atoms with E-state index < -0.39 is 0 Å². The predicted octanol–water partition coefficient (Wildman–Crippen LogP) is 4.58. The molecule has 3 heteroatoms. The molecule has 3 aromatic rings. The molecular formula is C20H17NO2. The Morgan fingerprint density at radius 2 is 1.74 bits per heavy atom. The Morgan fingerprint density at radius 3 is 2.48 bits per heavy atom. The van der Waals surface area contributed by atoms with Crippen molar-refractivity contribution in [1.29, 1.82) is 0 Å². The van der Waals surface area contributed by atoms with Gasteiger partial charge in [-0.2, -0.15) is 0 Å². The lowest BCUT2D eigenvalue weighted by molar-refractivity contribution is 0.0735. The Bertz CT molecular complexity index is 841. The van der Waals surface area contributed by atoms with Crippen molar-refractivity contribution in [3.63, 3.8) is 0 Å². The minimum absolute atomic E-state index is 0.356. The van der Waals surface area contributed by atoms with Crippen molar-refractivity contribution in [3.8, 4) is 17.0 Å². The van der Waals surface area contributed by atoms with Crippen molar-refractivity contribution in [2.24, 2.45) is 0 Å². The van der Waals surface area contributed by atoms with E-state index in [1.165, 1.54) is 0 Å². The van der Waals surface area contributed by atoms with E-state index in [0.29, 0.717) is 11.3 Å². The van der Waals surface area contributed by atoms with E-state index in [0.717, 1.165) is 22.4 Å². The quantitative estimate of drug-likeness (QED) is 0.525. The van der Waals surface area contributed by atoms with Crippen LogP contribution in [0, 0.1) is 13.8 Å². The van der Waals surface area contributed by atoms with Crippen molar-refractivity contribution in [3.05, 3.63) is 83.6 Å². The topological polar surface area (TPSA) is 39.2 Å². The lowest BCUT2D eigenvalue weighted by Gasteiger charge is -2.11. The highest BCUT2D eigenvalue weighted by molar-refractivity contribution is 5.93. The second-order valence-electron chi connectivity index (χ2n) is 5.42. The smallest absolute Gasteiger partial charge is 0.343 e. The van der Waals surface area contributed by atoms with Crippen LogP contribution < -0.4 is 4.74 Å². The molecule has 0 amide bonds. The molecule has 3 rings (SSSR count). The zero-order valence-electron chi connectivity index (χ0n) is 13.1. The fraction of sp³-hybridized carbons (Fsp3) is 0.100. The highest BCUT2D eigenvalue weighted by atomic mass is 16.5. The molecular weight excluding hydrogens is 286 g/mol. The fourth-order valence-corrected chi connectivity index (χ4v) is 2.40. The first-order valence-corrected chi connectivity index (χ1v) is 7.45. The van der Waals surface area contributed by atoms with Crippen molar-refractivity contribution in [2.75, 3.05) is 0 Å². The summed E-state index contributed by atoms with van der Waals surface area (Å²) in [5.41, 5.74) is 4.07. The molecule has 23 heavy (non-hydrogen) atoms. The van der Waals surface area contributed by atoms with Gasteiger partial charge in [0.25, 0.3) is 0 Å². The van der Waals surface area contributed by atoms with Gasteiger partial charge >= 0.3 is 5.97 Å². The van der Waals surface area contributed by atoms with Crippen LogP contribution in [-0.4, -0.2) is 11.0 Å². The zero-order valence-corrected chi connectivity index (χ0v) is 13.1. The molecule has 0 bridgehead atoms. The molecule has 0 atom stereocenters. The maximum atomic E-state index is 12.5. The maximum absolute atomic E-state index is 12.5. The summed E-state index contributed by atoms with van der Waals surface area (Å²) >= 11 is 0. The number of hydrogen-bond acceptors (Lipinski definition) is 3. The number of pyridine rings is 1. The van der Waals surface area contributed by atoms with Gasteiger partial charge in [-0.3, -0.25) is 4.98 Å². The highest BCUT2D eigenvalue weighted by Crippen LogP contribution is 2.30. The van der Waals surface area contributed by atoms with Crippen LogP contribution >= 0.6 is 0 Å². The summed E-state index contributed by atoms with van der Waals surface area (Å²) in [7, 11) is 0. The molecule has 0 aliphatic heterocycles. The van der Waals surface area contributed by atoms with Gasteiger partial charge in [0.2, 0.25) is 0 Å². The first-order valence-electron chi connectivity index (χ1n) is 7.45. The number of aromatic nitrogens is 1. The molecule has 0 aliphatic rings. The largest absolute Gasteiger partial charge is 0.422 e. The summed E-state index contributed by atoms with van der Waals surface area (Å²) in [6, 6.07) is 18.8. The van der Waals surface area contributed by atoms with E-state index in [1.54, 1.807) is 12.3 Å². The Kier molecular flexibility index (Phi) is 4.20. The summed E-state index contributed by atoms with van der Waals surface area (Å²) < 4.78 is 5.67. The number of hydrogen-bond donors (Lipinski definition) is 0. The molecule has 0 aliphatic carbocycles. The third-order valence-corrected chi connectivity index (χ3v) is 3.65. The molecule has 0 saturated heterocycles. The minimum atomic E-state index is -0.356. The van der Waals surface area contributed by atoms with Gasteiger partial charge in [-0.15, -0.1) is 0 Å². The van der Waals surface area contributed by atoms with Gasteiger partial charge in [0.05, 0.1) is 11.3 Å². The fourth-order valence-electron chi connectivity index (χ4n) is 2.40. The molecule has 0 spiro atoms. The second kappa shape index (κ2) is 6.44. The summed E-state index contributed by atoms with van der Waals surface area (Å²) in [5.74, 6) is 0.169. The van der Waals surface area contributed by atoms with Gasteiger partial charge in [-0.1, -0.05) is 30.3 Å². The normalized spacial score (nSPS) is 10.3. The summed E-state index contributed by atoms with van der Waals surface area (Å²) in [6.07, 6.45) is 1.72. The van der Waals surface area contributed by atoms with Gasteiger partial charge in [-0.05, 0) is 55.3 Å². The molecule has 0 N–H and O–H groups in total. The van der Waals surface area contributed by atoms with Crippen molar-refractivity contribution in [2.45, 2.75) is 13.8 Å². The van der Waals surface area contributed by atoms with Gasteiger partial charge in [0.15, 0.2) is 0 Å². The Labute approximate surface area is 135 Å². The Balaban J connectivity index is 1.98. The number of esters is 1. The van der Waals surface area contributed by atoms with E-state index in [9.17, 15) is 4.79 Å². The Morgan fingerprint density at radius 1 is 0.957 bits per heavy atom. The van der Waals surface area contributed by atoms with Gasteiger partial charge in [-0.25, -0.2) is 4.79 Å². The predicted molar refractivity (Wildman–Crippen MR) is 90.5 cm³/mol. The molecule has 1 aromatic heterocycles. The van der Waals surface area contributed by atoms with Crippen LogP contribution in [0.1, 0.15) is 21.5 Å². The first kappa shape index (κ1) is 15.0. The average molecular weight is 303 g/mol. The van der Waals surface area contributed by atoms with Gasteiger partial charge in [0, 0.05) is 11.8 Å². The van der Waals surface area contributed by atoms with Crippen molar-refractivity contribution >= 4 is 5.97 Å². The number of ether oxygens (including phenoxy) is 1. The standard InChI is InChI=1S/C20H17NO2/c1-14-10-11-17(18-9-5-6-12-21-18)19(13-14)23-20(22)16-8-4-3-7-15(16)2/h3-13H,1-2H3. The number of benzene rings is 2. The lowest BCUT2D eigenvalue weighted by atomic mass is 10.1. The van der Waals surface area contributed by atoms with E-state index in [2.05, 4.69) is 4.98 Å². The molecule has 0 unspecified atom stereocenters.